The number of cyclic esters (lactones) is 1. The topological polar surface area (TPSA) is 55.4 Å². The SMILES string of the molecule is O=C1CC2(CCOC2=O)CN1. The molecular formula is C7H9NO3. The summed E-state index contributed by atoms with van der Waals surface area (Å²) in [6.45, 7) is 0.929. The van der Waals surface area contributed by atoms with Crippen LogP contribution in [0.25, 0.3) is 0 Å². The second-order valence-electron chi connectivity index (χ2n) is 3.12. The van der Waals surface area contributed by atoms with Gasteiger partial charge in [0.1, 0.15) is 0 Å². The van der Waals surface area contributed by atoms with E-state index < -0.39 is 5.41 Å². The van der Waals surface area contributed by atoms with Crippen LogP contribution in [0.3, 0.4) is 0 Å². The molecule has 1 unspecified atom stereocenters. The molecule has 4 nitrogen and oxygen atoms in total. The van der Waals surface area contributed by atoms with E-state index in [-0.39, 0.29) is 11.9 Å². The van der Waals surface area contributed by atoms with Gasteiger partial charge < -0.3 is 10.1 Å². The van der Waals surface area contributed by atoms with Gasteiger partial charge in [0.25, 0.3) is 0 Å². The van der Waals surface area contributed by atoms with Crippen molar-refractivity contribution >= 4 is 11.9 Å². The van der Waals surface area contributed by atoms with Crippen molar-refractivity contribution in [3.8, 4) is 0 Å². The van der Waals surface area contributed by atoms with E-state index in [1.54, 1.807) is 0 Å². The number of hydrogen-bond acceptors (Lipinski definition) is 3. The van der Waals surface area contributed by atoms with Gasteiger partial charge in [-0.25, -0.2) is 0 Å². The van der Waals surface area contributed by atoms with Crippen LogP contribution in [-0.2, 0) is 14.3 Å². The number of hydrogen-bond donors (Lipinski definition) is 1. The van der Waals surface area contributed by atoms with E-state index in [4.69, 9.17) is 4.74 Å². The lowest BCUT2D eigenvalue weighted by Gasteiger charge is -2.12. The summed E-state index contributed by atoms with van der Waals surface area (Å²) in [5.74, 6) is -0.250. The third-order valence-electron chi connectivity index (χ3n) is 2.37. The average Bonchev–Trinajstić information content (AvgIpc) is 2.46. The van der Waals surface area contributed by atoms with E-state index in [1.165, 1.54) is 0 Å². The smallest absolute Gasteiger partial charge is 0.314 e. The minimum absolute atomic E-state index is 0.0381. The number of carbonyl (C=O) groups is 2. The molecule has 0 aromatic carbocycles. The van der Waals surface area contributed by atoms with Gasteiger partial charge in [-0.1, -0.05) is 0 Å². The van der Waals surface area contributed by atoms with Crippen molar-refractivity contribution in [2.75, 3.05) is 13.2 Å². The van der Waals surface area contributed by atoms with Crippen LogP contribution in [0.15, 0.2) is 0 Å². The van der Waals surface area contributed by atoms with Crippen molar-refractivity contribution in [2.45, 2.75) is 12.8 Å². The van der Waals surface area contributed by atoms with Crippen LogP contribution in [0.1, 0.15) is 12.8 Å². The molecule has 1 N–H and O–H groups in total. The first-order valence-electron chi connectivity index (χ1n) is 3.67. The van der Waals surface area contributed by atoms with E-state index in [0.717, 1.165) is 0 Å². The van der Waals surface area contributed by atoms with E-state index in [9.17, 15) is 9.59 Å². The van der Waals surface area contributed by atoms with Crippen LogP contribution < -0.4 is 5.32 Å². The highest BCUT2D eigenvalue weighted by molar-refractivity contribution is 5.90. The highest BCUT2D eigenvalue weighted by atomic mass is 16.5. The van der Waals surface area contributed by atoms with Gasteiger partial charge in [0.2, 0.25) is 5.91 Å². The zero-order valence-electron chi connectivity index (χ0n) is 6.05. The van der Waals surface area contributed by atoms with Crippen LogP contribution in [0.4, 0.5) is 0 Å². The Bertz CT molecular complexity index is 226. The predicted molar refractivity (Wildman–Crippen MR) is 35.6 cm³/mol. The van der Waals surface area contributed by atoms with Crippen molar-refractivity contribution in [3.63, 3.8) is 0 Å². The van der Waals surface area contributed by atoms with Gasteiger partial charge in [-0.15, -0.1) is 0 Å². The molecular weight excluding hydrogens is 146 g/mol. The molecule has 0 aromatic rings. The molecule has 0 bridgehead atoms. The number of rotatable bonds is 0. The first-order chi connectivity index (χ1) is 5.23. The highest BCUT2D eigenvalue weighted by Gasteiger charge is 2.49. The molecule has 60 valence electrons. The molecule has 1 atom stereocenters. The van der Waals surface area contributed by atoms with Crippen molar-refractivity contribution in [1.29, 1.82) is 0 Å². The van der Waals surface area contributed by atoms with Crippen LogP contribution in [0, 0.1) is 5.41 Å². The Morgan fingerprint density at radius 2 is 2.27 bits per heavy atom. The molecule has 2 heterocycles. The summed E-state index contributed by atoms with van der Waals surface area (Å²) >= 11 is 0. The summed E-state index contributed by atoms with van der Waals surface area (Å²) < 4.78 is 4.81. The Morgan fingerprint density at radius 3 is 2.73 bits per heavy atom. The fourth-order valence-corrected chi connectivity index (χ4v) is 1.62. The van der Waals surface area contributed by atoms with Gasteiger partial charge in [-0.05, 0) is 6.42 Å². The van der Waals surface area contributed by atoms with Gasteiger partial charge in [0.15, 0.2) is 0 Å². The summed E-state index contributed by atoms with van der Waals surface area (Å²) in [7, 11) is 0. The zero-order valence-corrected chi connectivity index (χ0v) is 6.05. The minimum atomic E-state index is -0.503. The molecule has 2 rings (SSSR count). The van der Waals surface area contributed by atoms with Crippen molar-refractivity contribution < 1.29 is 14.3 Å². The molecule has 0 aliphatic carbocycles. The monoisotopic (exact) mass is 155 g/mol. The van der Waals surface area contributed by atoms with E-state index in [0.29, 0.717) is 26.0 Å². The Hall–Kier alpha value is -1.06. The maximum atomic E-state index is 11.1. The summed E-state index contributed by atoms with van der Waals surface area (Å²) in [4.78, 5) is 22.0. The van der Waals surface area contributed by atoms with Gasteiger partial charge >= 0.3 is 5.97 Å². The lowest BCUT2D eigenvalue weighted by Crippen LogP contribution is -2.28. The zero-order chi connectivity index (χ0) is 7.90. The first-order valence-corrected chi connectivity index (χ1v) is 3.67. The second-order valence-corrected chi connectivity index (χ2v) is 3.12. The first kappa shape index (κ1) is 6.64. The molecule has 0 aromatic heterocycles. The standard InChI is InChI=1S/C7H9NO3/c9-5-3-7(4-8-5)1-2-11-6(7)10/h1-4H2,(H,8,9). The Balaban J connectivity index is 2.22. The maximum absolute atomic E-state index is 11.1. The van der Waals surface area contributed by atoms with E-state index in [2.05, 4.69) is 5.32 Å². The number of nitrogens with one attached hydrogen (secondary N) is 1. The maximum Gasteiger partial charge on any atom is 0.314 e. The number of esters is 1. The van der Waals surface area contributed by atoms with Crippen LogP contribution >= 0.6 is 0 Å². The van der Waals surface area contributed by atoms with Crippen molar-refractivity contribution in [1.82, 2.24) is 5.32 Å². The van der Waals surface area contributed by atoms with Crippen molar-refractivity contribution in [3.05, 3.63) is 0 Å². The summed E-state index contributed by atoms with van der Waals surface area (Å²) in [6, 6.07) is 0. The molecule has 1 amide bonds. The molecule has 4 heteroatoms. The molecule has 11 heavy (non-hydrogen) atoms. The summed E-state index contributed by atoms with van der Waals surface area (Å²) in [6.07, 6.45) is 0.996. The van der Waals surface area contributed by atoms with Gasteiger partial charge in [0.05, 0.1) is 12.0 Å². The van der Waals surface area contributed by atoms with E-state index in [1.807, 2.05) is 0 Å². The predicted octanol–water partition coefficient (Wildman–Crippen LogP) is -0.560. The summed E-state index contributed by atoms with van der Waals surface area (Å²) in [5, 5.41) is 2.64. The molecule has 1 spiro atoms. The Kier molecular flexibility index (Phi) is 1.19. The van der Waals surface area contributed by atoms with Crippen molar-refractivity contribution in [2.24, 2.45) is 5.41 Å². The molecule has 2 saturated heterocycles. The third-order valence-corrected chi connectivity index (χ3v) is 2.37. The molecule has 2 fully saturated rings. The number of carbonyl (C=O) groups excluding carboxylic acids is 2. The fourth-order valence-electron chi connectivity index (χ4n) is 1.62. The van der Waals surface area contributed by atoms with Crippen LogP contribution in [0.5, 0.6) is 0 Å². The molecule has 2 aliphatic heterocycles. The number of ether oxygens (including phenoxy) is 1. The van der Waals surface area contributed by atoms with Gasteiger partial charge in [0, 0.05) is 13.0 Å². The highest BCUT2D eigenvalue weighted by Crippen LogP contribution is 2.35. The fraction of sp³-hybridized carbons (Fsp3) is 0.714. The van der Waals surface area contributed by atoms with Crippen LogP contribution in [0.2, 0.25) is 0 Å². The quantitative estimate of drug-likeness (QED) is 0.477. The largest absolute Gasteiger partial charge is 0.465 e. The number of amides is 1. The lowest BCUT2D eigenvalue weighted by molar-refractivity contribution is -0.146. The molecule has 2 aliphatic rings. The van der Waals surface area contributed by atoms with E-state index >= 15 is 0 Å². The average molecular weight is 155 g/mol. The normalized spacial score (nSPS) is 36.0. The third kappa shape index (κ3) is 0.818. The second kappa shape index (κ2) is 1.96. The molecule has 0 saturated carbocycles. The summed E-state index contributed by atoms with van der Waals surface area (Å²) in [5.41, 5.74) is -0.503. The Morgan fingerprint density at radius 1 is 1.45 bits per heavy atom. The van der Waals surface area contributed by atoms with Crippen LogP contribution in [-0.4, -0.2) is 25.0 Å². The Labute approximate surface area is 63.9 Å². The molecule has 0 radical (unpaired) electrons. The van der Waals surface area contributed by atoms with Gasteiger partial charge in [-0.3, -0.25) is 9.59 Å². The minimum Gasteiger partial charge on any atom is -0.465 e. The lowest BCUT2D eigenvalue weighted by atomic mass is 9.86. The van der Waals surface area contributed by atoms with Gasteiger partial charge in [-0.2, -0.15) is 0 Å².